The molecule has 1 N–H and O–H groups in total. The lowest BCUT2D eigenvalue weighted by Gasteiger charge is -2.35. The van der Waals surface area contributed by atoms with Crippen molar-refractivity contribution in [2.45, 2.75) is 45.3 Å². The Morgan fingerprint density at radius 2 is 1.71 bits per heavy atom. The Morgan fingerprint density at radius 1 is 1.03 bits per heavy atom. The first kappa shape index (κ1) is 21.6. The predicted octanol–water partition coefficient (Wildman–Crippen LogP) is 1.61. The molecule has 2 aliphatic heterocycles. The third-order valence-electron chi connectivity index (χ3n) is 5.86. The van der Waals surface area contributed by atoms with Crippen LogP contribution in [0.4, 0.5) is 16.6 Å². The average molecular weight is 431 g/mol. The SMILES string of the molecule is CN1CCN(c2nc(N3CCC(NC(=O)OC(C)(C)C)CC3)c3cnn(C)c3n2)CC1. The Balaban J connectivity index is 1.49. The molecule has 0 aromatic carbocycles. The van der Waals surface area contributed by atoms with E-state index in [9.17, 15) is 4.79 Å². The number of amides is 1. The molecule has 0 unspecified atom stereocenters. The number of aromatic nitrogens is 4. The van der Waals surface area contributed by atoms with Gasteiger partial charge in [-0.15, -0.1) is 0 Å². The van der Waals surface area contributed by atoms with Gasteiger partial charge in [0.15, 0.2) is 5.65 Å². The summed E-state index contributed by atoms with van der Waals surface area (Å²) in [7, 11) is 4.06. The minimum atomic E-state index is -0.489. The molecular weight excluding hydrogens is 396 g/mol. The highest BCUT2D eigenvalue weighted by Crippen LogP contribution is 2.29. The van der Waals surface area contributed by atoms with E-state index in [4.69, 9.17) is 14.7 Å². The van der Waals surface area contributed by atoms with E-state index < -0.39 is 5.60 Å². The number of carbonyl (C=O) groups is 1. The Kier molecular flexibility index (Phi) is 5.92. The van der Waals surface area contributed by atoms with Crippen LogP contribution in [0.15, 0.2) is 6.20 Å². The number of ether oxygens (including phenoxy) is 1. The second kappa shape index (κ2) is 8.49. The van der Waals surface area contributed by atoms with Crippen molar-refractivity contribution < 1.29 is 9.53 Å². The summed E-state index contributed by atoms with van der Waals surface area (Å²) >= 11 is 0. The zero-order valence-electron chi connectivity index (χ0n) is 19.3. The number of hydrogen-bond donors (Lipinski definition) is 1. The van der Waals surface area contributed by atoms with Crippen LogP contribution in [0.5, 0.6) is 0 Å². The van der Waals surface area contributed by atoms with Crippen molar-refractivity contribution in [3.05, 3.63) is 6.20 Å². The summed E-state index contributed by atoms with van der Waals surface area (Å²) in [6.45, 7) is 11.1. The minimum Gasteiger partial charge on any atom is -0.444 e. The minimum absolute atomic E-state index is 0.106. The number of piperidine rings is 1. The van der Waals surface area contributed by atoms with Crippen molar-refractivity contribution in [1.29, 1.82) is 0 Å². The quantitative estimate of drug-likeness (QED) is 0.785. The normalized spacial score (nSPS) is 19.1. The number of rotatable bonds is 3. The maximum Gasteiger partial charge on any atom is 0.407 e. The van der Waals surface area contributed by atoms with Crippen molar-refractivity contribution in [2.75, 3.05) is 56.1 Å². The van der Waals surface area contributed by atoms with E-state index in [1.165, 1.54) is 0 Å². The maximum atomic E-state index is 12.1. The van der Waals surface area contributed by atoms with E-state index in [0.717, 1.165) is 74.9 Å². The first-order chi connectivity index (χ1) is 14.7. The predicted molar refractivity (Wildman–Crippen MR) is 121 cm³/mol. The Morgan fingerprint density at radius 3 is 2.35 bits per heavy atom. The number of carbonyl (C=O) groups excluding carboxylic acids is 1. The number of hydrogen-bond acceptors (Lipinski definition) is 8. The lowest BCUT2D eigenvalue weighted by atomic mass is 10.1. The molecular formula is C21H34N8O2. The molecule has 2 aromatic heterocycles. The number of nitrogens with zero attached hydrogens (tertiary/aromatic N) is 7. The molecule has 0 spiro atoms. The van der Waals surface area contributed by atoms with Crippen LogP contribution in [-0.2, 0) is 11.8 Å². The summed E-state index contributed by atoms with van der Waals surface area (Å²) in [5.74, 6) is 1.70. The van der Waals surface area contributed by atoms with Crippen molar-refractivity contribution in [3.63, 3.8) is 0 Å². The van der Waals surface area contributed by atoms with Gasteiger partial charge in [0, 0.05) is 52.4 Å². The number of alkyl carbamates (subject to hydrolysis) is 1. The summed E-state index contributed by atoms with van der Waals surface area (Å²) in [5, 5.41) is 8.40. The van der Waals surface area contributed by atoms with Crippen molar-refractivity contribution in [3.8, 4) is 0 Å². The highest BCUT2D eigenvalue weighted by atomic mass is 16.6. The Labute approximate surface area is 183 Å². The molecule has 0 atom stereocenters. The number of anilines is 2. The maximum absolute atomic E-state index is 12.1. The van der Waals surface area contributed by atoms with E-state index >= 15 is 0 Å². The molecule has 0 radical (unpaired) electrons. The lowest BCUT2D eigenvalue weighted by Crippen LogP contribution is -2.47. The number of aryl methyl sites for hydroxylation is 1. The highest BCUT2D eigenvalue weighted by Gasteiger charge is 2.27. The van der Waals surface area contributed by atoms with E-state index in [1.807, 2.05) is 38.7 Å². The van der Waals surface area contributed by atoms with Gasteiger partial charge in [-0.2, -0.15) is 15.1 Å². The van der Waals surface area contributed by atoms with Crippen LogP contribution in [0, 0.1) is 0 Å². The lowest BCUT2D eigenvalue weighted by molar-refractivity contribution is 0.0497. The monoisotopic (exact) mass is 430 g/mol. The van der Waals surface area contributed by atoms with Gasteiger partial charge in [0.1, 0.15) is 11.4 Å². The molecule has 10 heteroatoms. The van der Waals surface area contributed by atoms with Crippen LogP contribution >= 0.6 is 0 Å². The molecule has 2 saturated heterocycles. The van der Waals surface area contributed by atoms with Gasteiger partial charge >= 0.3 is 6.09 Å². The molecule has 0 saturated carbocycles. The standard InChI is InChI=1S/C21H34N8O2/c1-21(2,3)31-20(30)23-15-6-8-28(9-7-15)18-16-14-22-27(5)17(16)24-19(25-18)29-12-10-26(4)11-13-29/h14-15H,6-13H2,1-5H3,(H,23,30). The van der Waals surface area contributed by atoms with Crippen molar-refractivity contribution >= 4 is 28.9 Å². The topological polar surface area (TPSA) is 91.6 Å². The van der Waals surface area contributed by atoms with E-state index in [0.29, 0.717) is 0 Å². The molecule has 1 amide bonds. The van der Waals surface area contributed by atoms with Gasteiger partial charge in [-0.05, 0) is 40.7 Å². The molecule has 31 heavy (non-hydrogen) atoms. The van der Waals surface area contributed by atoms with Gasteiger partial charge in [-0.25, -0.2) is 4.79 Å². The Bertz CT molecular complexity index is 921. The second-order valence-electron chi connectivity index (χ2n) is 9.55. The fourth-order valence-corrected chi connectivity index (χ4v) is 4.09. The summed E-state index contributed by atoms with van der Waals surface area (Å²) in [6.07, 6.45) is 3.19. The summed E-state index contributed by atoms with van der Waals surface area (Å²) in [6, 6.07) is 0.106. The molecule has 2 aromatic rings. The van der Waals surface area contributed by atoms with Gasteiger partial charge in [0.25, 0.3) is 0 Å². The van der Waals surface area contributed by atoms with Crippen molar-refractivity contribution in [2.24, 2.45) is 7.05 Å². The average Bonchev–Trinajstić information content (AvgIpc) is 3.08. The fourth-order valence-electron chi connectivity index (χ4n) is 4.09. The third kappa shape index (κ3) is 5.00. The molecule has 4 rings (SSSR count). The number of fused-ring (bicyclic) bond motifs is 1. The van der Waals surface area contributed by atoms with Crippen LogP contribution in [0.2, 0.25) is 0 Å². The third-order valence-corrected chi connectivity index (χ3v) is 5.86. The molecule has 4 heterocycles. The summed E-state index contributed by atoms with van der Waals surface area (Å²) in [5.41, 5.74) is 0.366. The smallest absolute Gasteiger partial charge is 0.407 e. The summed E-state index contributed by atoms with van der Waals surface area (Å²) in [4.78, 5) is 28.8. The molecule has 2 aliphatic rings. The van der Waals surface area contributed by atoms with E-state index in [1.54, 1.807) is 0 Å². The fraction of sp³-hybridized carbons (Fsp3) is 0.714. The van der Waals surface area contributed by atoms with Crippen LogP contribution in [0.25, 0.3) is 11.0 Å². The number of likely N-dealkylation sites (N-methyl/N-ethyl adjacent to an activating group) is 1. The van der Waals surface area contributed by atoms with Gasteiger partial charge < -0.3 is 24.8 Å². The largest absolute Gasteiger partial charge is 0.444 e. The number of nitrogens with one attached hydrogen (secondary N) is 1. The molecule has 0 bridgehead atoms. The van der Waals surface area contributed by atoms with Gasteiger partial charge in [-0.3, -0.25) is 4.68 Å². The summed E-state index contributed by atoms with van der Waals surface area (Å²) < 4.78 is 7.21. The highest BCUT2D eigenvalue weighted by molar-refractivity contribution is 5.88. The van der Waals surface area contributed by atoms with Gasteiger partial charge in [-0.1, -0.05) is 0 Å². The van der Waals surface area contributed by atoms with E-state index in [2.05, 4.69) is 32.2 Å². The van der Waals surface area contributed by atoms with Gasteiger partial charge in [0.2, 0.25) is 5.95 Å². The van der Waals surface area contributed by atoms with Crippen molar-refractivity contribution in [1.82, 2.24) is 30.0 Å². The number of piperazine rings is 1. The van der Waals surface area contributed by atoms with E-state index in [-0.39, 0.29) is 12.1 Å². The first-order valence-electron chi connectivity index (χ1n) is 11.1. The van der Waals surface area contributed by atoms with Crippen LogP contribution in [-0.4, -0.2) is 88.7 Å². The van der Waals surface area contributed by atoms with Gasteiger partial charge in [0.05, 0.1) is 11.6 Å². The molecule has 10 nitrogen and oxygen atoms in total. The van der Waals surface area contributed by atoms with Crippen LogP contribution in [0.3, 0.4) is 0 Å². The van der Waals surface area contributed by atoms with Crippen LogP contribution in [0.1, 0.15) is 33.6 Å². The Hall–Kier alpha value is -2.62. The zero-order valence-corrected chi connectivity index (χ0v) is 19.3. The molecule has 0 aliphatic carbocycles. The molecule has 2 fully saturated rings. The molecule has 170 valence electrons. The first-order valence-corrected chi connectivity index (χ1v) is 11.1. The zero-order chi connectivity index (χ0) is 22.2. The van der Waals surface area contributed by atoms with Crippen LogP contribution < -0.4 is 15.1 Å². The second-order valence-corrected chi connectivity index (χ2v) is 9.55.